The molecule has 5 amide bonds. The van der Waals surface area contributed by atoms with E-state index >= 15 is 0 Å². The second-order valence-corrected chi connectivity index (χ2v) is 10.2. The van der Waals surface area contributed by atoms with Gasteiger partial charge in [-0.3, -0.25) is 24.7 Å². The van der Waals surface area contributed by atoms with E-state index in [2.05, 4.69) is 10.7 Å². The van der Waals surface area contributed by atoms with Crippen molar-refractivity contribution in [3.8, 4) is 0 Å². The number of carbonyl (C=O) groups is 4. The molecule has 3 saturated heterocycles. The average molecular weight is 484 g/mol. The first-order valence-corrected chi connectivity index (χ1v) is 12.9. The molecule has 2 N–H and O–H groups in total. The predicted octanol–water partition coefficient (Wildman–Crippen LogP) is 2.08. The number of rotatable bonds is 7. The molecule has 9 heteroatoms. The first-order chi connectivity index (χ1) is 16.9. The molecule has 3 heterocycles. The molecule has 0 bridgehead atoms. The van der Waals surface area contributed by atoms with Gasteiger partial charge in [-0.1, -0.05) is 43.2 Å². The van der Waals surface area contributed by atoms with E-state index in [1.807, 2.05) is 40.1 Å². The van der Waals surface area contributed by atoms with Gasteiger partial charge in [-0.2, -0.15) is 5.01 Å². The van der Waals surface area contributed by atoms with Gasteiger partial charge in [-0.15, -0.1) is 0 Å². The fraction of sp³-hybridized carbons (Fsp3) is 0.615. The Kier molecular flexibility index (Phi) is 8.05. The van der Waals surface area contributed by atoms with Crippen LogP contribution in [0.2, 0.25) is 0 Å². The normalized spacial score (nSPS) is 24.3. The zero-order valence-corrected chi connectivity index (χ0v) is 20.6. The highest BCUT2D eigenvalue weighted by molar-refractivity contribution is 6.07. The number of likely N-dealkylation sites (tertiary alicyclic amines) is 2. The summed E-state index contributed by atoms with van der Waals surface area (Å²) in [6, 6.07) is 9.16. The van der Waals surface area contributed by atoms with Gasteiger partial charge in [0.1, 0.15) is 5.54 Å². The standard InChI is InChI=1S/C26H37N5O4/c1-26(14-11-20-9-5-4-6-10-20)24(34)31(25(35)27-26)28-22(32)19-29-17-12-21(13-18-29)23(33)30-15-7-2-3-8-16-30/h4-6,9-10,21H,2-3,7-8,11-19H2,1H3,(H,27,35)(H,28,32). The summed E-state index contributed by atoms with van der Waals surface area (Å²) < 4.78 is 0. The van der Waals surface area contributed by atoms with E-state index < -0.39 is 23.4 Å². The molecule has 35 heavy (non-hydrogen) atoms. The number of hydrogen-bond acceptors (Lipinski definition) is 5. The molecule has 3 fully saturated rings. The maximum atomic E-state index is 13.0. The van der Waals surface area contributed by atoms with Crippen molar-refractivity contribution in [2.24, 2.45) is 5.92 Å². The van der Waals surface area contributed by atoms with Crippen molar-refractivity contribution in [2.75, 3.05) is 32.7 Å². The first kappa shape index (κ1) is 25.2. The SMILES string of the molecule is CC1(CCc2ccccc2)NC(=O)N(NC(=O)CN2CCC(C(=O)N3CCCCCC3)CC2)C1=O. The monoisotopic (exact) mass is 483 g/mol. The third-order valence-electron chi connectivity index (χ3n) is 7.48. The van der Waals surface area contributed by atoms with E-state index in [0.717, 1.165) is 49.3 Å². The van der Waals surface area contributed by atoms with E-state index in [1.54, 1.807) is 6.92 Å². The smallest absolute Gasteiger partial charge is 0.342 e. The van der Waals surface area contributed by atoms with Crippen LogP contribution in [0.15, 0.2) is 30.3 Å². The second kappa shape index (κ2) is 11.2. The molecule has 190 valence electrons. The van der Waals surface area contributed by atoms with Crippen LogP contribution in [-0.2, 0) is 20.8 Å². The van der Waals surface area contributed by atoms with Gasteiger partial charge in [0, 0.05) is 19.0 Å². The molecule has 9 nitrogen and oxygen atoms in total. The first-order valence-electron chi connectivity index (χ1n) is 12.9. The van der Waals surface area contributed by atoms with Crippen LogP contribution in [0.1, 0.15) is 57.4 Å². The van der Waals surface area contributed by atoms with Gasteiger partial charge < -0.3 is 10.2 Å². The van der Waals surface area contributed by atoms with Gasteiger partial charge in [0.25, 0.3) is 11.8 Å². The van der Waals surface area contributed by atoms with Crippen molar-refractivity contribution in [3.63, 3.8) is 0 Å². The minimum atomic E-state index is -1.06. The van der Waals surface area contributed by atoms with Gasteiger partial charge in [0.05, 0.1) is 6.54 Å². The van der Waals surface area contributed by atoms with Gasteiger partial charge in [-0.25, -0.2) is 4.79 Å². The number of carbonyl (C=O) groups excluding carboxylic acids is 4. The number of amides is 5. The Morgan fingerprint density at radius 1 is 1.00 bits per heavy atom. The molecule has 1 aromatic rings. The summed E-state index contributed by atoms with van der Waals surface area (Å²) in [6.45, 7) is 4.78. The Hall–Kier alpha value is -2.94. The molecule has 3 aliphatic rings. The van der Waals surface area contributed by atoms with Crippen molar-refractivity contribution < 1.29 is 19.2 Å². The average Bonchev–Trinajstić information content (AvgIpc) is 3.05. The van der Waals surface area contributed by atoms with Gasteiger partial charge in [0.15, 0.2) is 0 Å². The Bertz CT molecular complexity index is 923. The molecule has 1 atom stereocenters. The van der Waals surface area contributed by atoms with Crippen LogP contribution < -0.4 is 10.7 Å². The Labute approximate surface area is 207 Å². The lowest BCUT2D eigenvalue weighted by Crippen LogP contribution is -2.52. The van der Waals surface area contributed by atoms with Crippen LogP contribution in [0, 0.1) is 5.92 Å². The summed E-state index contributed by atoms with van der Waals surface area (Å²) in [4.78, 5) is 54.9. The molecule has 0 saturated carbocycles. The minimum absolute atomic E-state index is 0.0173. The molecule has 3 aliphatic heterocycles. The van der Waals surface area contributed by atoms with E-state index in [-0.39, 0.29) is 18.4 Å². The van der Waals surface area contributed by atoms with Crippen LogP contribution in [0.3, 0.4) is 0 Å². The fourth-order valence-corrected chi connectivity index (χ4v) is 5.24. The Morgan fingerprint density at radius 3 is 2.31 bits per heavy atom. The number of urea groups is 1. The van der Waals surface area contributed by atoms with Crippen LogP contribution >= 0.6 is 0 Å². The number of piperidine rings is 1. The van der Waals surface area contributed by atoms with Gasteiger partial charge in [0.2, 0.25) is 5.91 Å². The van der Waals surface area contributed by atoms with Crippen molar-refractivity contribution in [1.29, 1.82) is 0 Å². The molecule has 1 aromatic carbocycles. The van der Waals surface area contributed by atoms with E-state index in [9.17, 15) is 19.2 Å². The number of aryl methyl sites for hydroxylation is 1. The highest BCUT2D eigenvalue weighted by Crippen LogP contribution is 2.23. The van der Waals surface area contributed by atoms with Crippen LogP contribution in [0.4, 0.5) is 4.79 Å². The number of hydrogen-bond donors (Lipinski definition) is 2. The molecular weight excluding hydrogens is 446 g/mol. The number of nitrogens with zero attached hydrogens (tertiary/aromatic N) is 3. The van der Waals surface area contributed by atoms with Gasteiger partial charge in [-0.05, 0) is 64.1 Å². The highest BCUT2D eigenvalue weighted by Gasteiger charge is 2.48. The Balaban J connectivity index is 1.23. The fourth-order valence-electron chi connectivity index (χ4n) is 5.24. The number of hydrazine groups is 1. The predicted molar refractivity (Wildman–Crippen MR) is 131 cm³/mol. The highest BCUT2D eigenvalue weighted by atomic mass is 16.2. The topological polar surface area (TPSA) is 102 Å². The van der Waals surface area contributed by atoms with Crippen molar-refractivity contribution in [3.05, 3.63) is 35.9 Å². The molecule has 0 radical (unpaired) electrons. The summed E-state index contributed by atoms with van der Waals surface area (Å²) in [6.07, 6.45) is 7.08. The lowest BCUT2D eigenvalue weighted by atomic mass is 9.93. The largest absolute Gasteiger partial charge is 0.344 e. The summed E-state index contributed by atoms with van der Waals surface area (Å²) >= 11 is 0. The maximum absolute atomic E-state index is 13.0. The summed E-state index contributed by atoms with van der Waals surface area (Å²) in [7, 11) is 0. The number of nitrogens with one attached hydrogen (secondary N) is 2. The van der Waals surface area contributed by atoms with E-state index in [4.69, 9.17) is 0 Å². The zero-order chi connectivity index (χ0) is 24.8. The Morgan fingerprint density at radius 2 is 1.66 bits per heavy atom. The van der Waals surface area contributed by atoms with Crippen molar-refractivity contribution >= 4 is 23.8 Å². The lowest BCUT2D eigenvalue weighted by molar-refractivity contribution is -0.140. The molecule has 0 spiro atoms. The molecular formula is C26H37N5O4. The third kappa shape index (κ3) is 6.20. The van der Waals surface area contributed by atoms with Crippen LogP contribution in [-0.4, -0.2) is 76.8 Å². The summed E-state index contributed by atoms with van der Waals surface area (Å²) in [5.41, 5.74) is 2.50. The third-order valence-corrected chi connectivity index (χ3v) is 7.48. The molecule has 0 aromatic heterocycles. The van der Waals surface area contributed by atoms with Crippen molar-refractivity contribution in [1.82, 2.24) is 25.6 Å². The summed E-state index contributed by atoms with van der Waals surface area (Å²) in [5, 5.41) is 3.54. The number of benzene rings is 1. The minimum Gasteiger partial charge on any atom is -0.342 e. The zero-order valence-electron chi connectivity index (χ0n) is 20.6. The van der Waals surface area contributed by atoms with Gasteiger partial charge >= 0.3 is 6.03 Å². The molecule has 0 aliphatic carbocycles. The lowest BCUT2D eigenvalue weighted by Gasteiger charge is -2.33. The second-order valence-electron chi connectivity index (χ2n) is 10.2. The van der Waals surface area contributed by atoms with E-state index in [0.29, 0.717) is 25.9 Å². The maximum Gasteiger partial charge on any atom is 0.344 e. The quantitative estimate of drug-likeness (QED) is 0.578. The van der Waals surface area contributed by atoms with E-state index in [1.165, 1.54) is 12.8 Å². The number of imide groups is 1. The molecule has 4 rings (SSSR count). The van der Waals surface area contributed by atoms with Crippen LogP contribution in [0.25, 0.3) is 0 Å². The van der Waals surface area contributed by atoms with Crippen molar-refractivity contribution in [2.45, 2.75) is 63.8 Å². The summed E-state index contributed by atoms with van der Waals surface area (Å²) in [5.74, 6) is -0.583. The molecule has 1 unspecified atom stereocenters. The van der Waals surface area contributed by atoms with Crippen LogP contribution in [0.5, 0.6) is 0 Å².